The third-order valence-corrected chi connectivity index (χ3v) is 4.03. The Morgan fingerprint density at radius 1 is 1.24 bits per heavy atom. The summed E-state index contributed by atoms with van der Waals surface area (Å²) >= 11 is 5.96. The van der Waals surface area contributed by atoms with Crippen LogP contribution in [0.1, 0.15) is 29.8 Å². The number of benzene rings is 1. The van der Waals surface area contributed by atoms with Gasteiger partial charge in [0.25, 0.3) is 0 Å². The molecule has 4 rings (SSSR count). The van der Waals surface area contributed by atoms with Gasteiger partial charge in [-0.25, -0.2) is 4.68 Å². The zero-order chi connectivity index (χ0) is 14.2. The highest BCUT2D eigenvalue weighted by Gasteiger charge is 2.31. The molecule has 0 amide bonds. The van der Waals surface area contributed by atoms with E-state index in [0.29, 0.717) is 0 Å². The average molecular weight is 301 g/mol. The first-order valence-corrected chi connectivity index (χ1v) is 7.14. The summed E-state index contributed by atoms with van der Waals surface area (Å²) in [6.07, 6.45) is 4.08. The molecule has 1 aromatic carbocycles. The molecule has 3 aromatic rings. The van der Waals surface area contributed by atoms with Crippen molar-refractivity contribution in [3.8, 4) is 0 Å². The Hall–Kier alpha value is -2.27. The van der Waals surface area contributed by atoms with E-state index < -0.39 is 0 Å². The van der Waals surface area contributed by atoms with Gasteiger partial charge in [0.05, 0.1) is 12.3 Å². The van der Waals surface area contributed by atoms with E-state index in [2.05, 4.69) is 15.4 Å². The van der Waals surface area contributed by atoms with Gasteiger partial charge < -0.3 is 9.73 Å². The minimum absolute atomic E-state index is 0.0411. The lowest BCUT2D eigenvalue weighted by atomic mass is 9.96. The van der Waals surface area contributed by atoms with E-state index in [1.54, 1.807) is 12.6 Å². The molecule has 2 aromatic heterocycles. The highest BCUT2D eigenvalue weighted by molar-refractivity contribution is 6.30. The molecule has 0 bridgehead atoms. The van der Waals surface area contributed by atoms with E-state index in [1.807, 2.05) is 41.1 Å². The van der Waals surface area contributed by atoms with Crippen LogP contribution in [0.3, 0.4) is 0 Å². The van der Waals surface area contributed by atoms with Crippen molar-refractivity contribution in [3.05, 3.63) is 65.3 Å². The molecule has 3 heterocycles. The number of hydrogen-bond acceptors (Lipinski definition) is 4. The summed E-state index contributed by atoms with van der Waals surface area (Å²) in [5.74, 6) is 1.64. The van der Waals surface area contributed by atoms with Crippen LogP contribution in [0.2, 0.25) is 5.02 Å². The number of anilines is 1. The maximum absolute atomic E-state index is 5.96. The Labute approximate surface area is 126 Å². The van der Waals surface area contributed by atoms with Crippen molar-refractivity contribution in [1.82, 2.24) is 14.8 Å². The summed E-state index contributed by atoms with van der Waals surface area (Å²) in [6, 6.07) is 11.9. The van der Waals surface area contributed by atoms with E-state index in [4.69, 9.17) is 16.0 Å². The van der Waals surface area contributed by atoms with Crippen molar-refractivity contribution in [2.24, 2.45) is 0 Å². The van der Waals surface area contributed by atoms with Crippen LogP contribution in [0.5, 0.6) is 0 Å². The van der Waals surface area contributed by atoms with Crippen molar-refractivity contribution in [1.29, 1.82) is 0 Å². The van der Waals surface area contributed by atoms with Gasteiger partial charge in [-0.2, -0.15) is 10.1 Å². The van der Waals surface area contributed by atoms with Crippen molar-refractivity contribution < 1.29 is 4.42 Å². The second-order valence-corrected chi connectivity index (χ2v) is 5.48. The summed E-state index contributed by atoms with van der Waals surface area (Å²) < 4.78 is 7.43. The molecule has 1 N–H and O–H groups in total. The molecule has 106 valence electrons. The molecule has 0 unspecified atom stereocenters. The number of hydrogen-bond donors (Lipinski definition) is 1. The van der Waals surface area contributed by atoms with Crippen LogP contribution in [0, 0.1) is 0 Å². The third-order valence-electron chi connectivity index (χ3n) is 3.77. The predicted molar refractivity (Wildman–Crippen MR) is 79.3 cm³/mol. The molecule has 0 saturated carbocycles. The van der Waals surface area contributed by atoms with Gasteiger partial charge in [-0.15, -0.1) is 0 Å². The van der Waals surface area contributed by atoms with Gasteiger partial charge in [0, 0.05) is 11.4 Å². The average Bonchev–Trinajstić information content (AvgIpc) is 3.18. The maximum atomic E-state index is 5.96. The monoisotopic (exact) mass is 300 g/mol. The summed E-state index contributed by atoms with van der Waals surface area (Å²) in [5.41, 5.74) is 1.17. The summed E-state index contributed by atoms with van der Waals surface area (Å²) in [6.45, 7) is 0. The van der Waals surface area contributed by atoms with Gasteiger partial charge in [0.15, 0.2) is 0 Å². The van der Waals surface area contributed by atoms with Crippen LogP contribution in [0.25, 0.3) is 0 Å². The first kappa shape index (κ1) is 12.5. The fraction of sp³-hybridized carbons (Fsp3) is 0.200. The molecule has 1 aliphatic rings. The van der Waals surface area contributed by atoms with E-state index in [0.717, 1.165) is 23.2 Å². The second kappa shape index (κ2) is 4.93. The zero-order valence-electron chi connectivity index (χ0n) is 11.1. The number of nitrogens with zero attached hydrogens (tertiary/aromatic N) is 3. The number of rotatable bonds is 2. The van der Waals surface area contributed by atoms with Crippen LogP contribution in [0.15, 0.2) is 53.4 Å². The molecule has 0 saturated heterocycles. The van der Waals surface area contributed by atoms with Gasteiger partial charge in [-0.05, 0) is 29.8 Å². The predicted octanol–water partition coefficient (Wildman–Crippen LogP) is 3.67. The molecule has 6 heteroatoms. The smallest absolute Gasteiger partial charge is 0.222 e. The van der Waals surface area contributed by atoms with E-state index in [1.165, 1.54) is 5.56 Å². The van der Waals surface area contributed by atoms with E-state index >= 15 is 0 Å². The van der Waals surface area contributed by atoms with Crippen LogP contribution >= 0.6 is 11.6 Å². The van der Waals surface area contributed by atoms with E-state index in [-0.39, 0.29) is 12.1 Å². The highest BCUT2D eigenvalue weighted by atomic mass is 35.5. The lowest BCUT2D eigenvalue weighted by Crippen LogP contribution is -2.27. The maximum Gasteiger partial charge on any atom is 0.222 e. The largest absolute Gasteiger partial charge is 0.467 e. The molecule has 2 atom stereocenters. The first-order chi connectivity index (χ1) is 10.3. The fourth-order valence-corrected chi connectivity index (χ4v) is 2.88. The lowest BCUT2D eigenvalue weighted by molar-refractivity contribution is 0.358. The molecule has 0 radical (unpaired) electrons. The molecule has 0 spiro atoms. The minimum atomic E-state index is 0.0411. The lowest BCUT2D eigenvalue weighted by Gasteiger charge is -2.30. The Morgan fingerprint density at radius 3 is 2.86 bits per heavy atom. The van der Waals surface area contributed by atoms with Crippen LogP contribution in [0.4, 0.5) is 5.95 Å². The molecule has 0 fully saturated rings. The van der Waals surface area contributed by atoms with Crippen molar-refractivity contribution in [2.45, 2.75) is 18.5 Å². The van der Waals surface area contributed by atoms with Gasteiger partial charge >= 0.3 is 0 Å². The van der Waals surface area contributed by atoms with Gasteiger partial charge in [-0.1, -0.05) is 23.7 Å². The third kappa shape index (κ3) is 2.19. The van der Waals surface area contributed by atoms with Crippen LogP contribution in [-0.2, 0) is 0 Å². The molecule has 0 aliphatic carbocycles. The summed E-state index contributed by atoms with van der Waals surface area (Å²) in [7, 11) is 0. The van der Waals surface area contributed by atoms with Gasteiger partial charge in [-0.3, -0.25) is 0 Å². The Kier molecular flexibility index (Phi) is 2.93. The standard InChI is InChI=1S/C15H13ClN4O/c16-11-5-3-10(4-6-11)12-8-13(14-2-1-7-21-14)20-15(19-12)17-9-18-20/h1-7,9,12-13H,8H2,(H,17,18,19)/t12-,13-/m1/s1. The molecule has 1 aliphatic heterocycles. The number of furan rings is 1. The number of nitrogens with one attached hydrogen (secondary N) is 1. The summed E-state index contributed by atoms with van der Waals surface area (Å²) in [4.78, 5) is 4.28. The van der Waals surface area contributed by atoms with Crippen molar-refractivity contribution in [3.63, 3.8) is 0 Å². The zero-order valence-corrected chi connectivity index (χ0v) is 11.9. The van der Waals surface area contributed by atoms with Crippen LogP contribution < -0.4 is 5.32 Å². The molecular weight excluding hydrogens is 288 g/mol. The normalized spacial score (nSPS) is 20.8. The minimum Gasteiger partial charge on any atom is -0.467 e. The van der Waals surface area contributed by atoms with Crippen molar-refractivity contribution in [2.75, 3.05) is 5.32 Å². The Bertz CT molecular complexity index is 735. The van der Waals surface area contributed by atoms with Gasteiger partial charge in [0.1, 0.15) is 18.1 Å². The topological polar surface area (TPSA) is 55.9 Å². The SMILES string of the molecule is Clc1ccc([C@H]2C[C@H](c3ccco3)n3ncnc3N2)cc1. The second-order valence-electron chi connectivity index (χ2n) is 5.04. The molecular formula is C15H13ClN4O. The Morgan fingerprint density at radius 2 is 2.10 bits per heavy atom. The molecule has 21 heavy (non-hydrogen) atoms. The van der Waals surface area contributed by atoms with Gasteiger partial charge in [0.2, 0.25) is 5.95 Å². The number of aromatic nitrogens is 3. The quantitative estimate of drug-likeness (QED) is 0.784. The molecule has 5 nitrogen and oxygen atoms in total. The first-order valence-electron chi connectivity index (χ1n) is 6.76. The van der Waals surface area contributed by atoms with Crippen molar-refractivity contribution >= 4 is 17.5 Å². The number of fused-ring (bicyclic) bond motifs is 1. The summed E-state index contributed by atoms with van der Waals surface area (Å²) in [5, 5.41) is 8.44. The number of halogens is 1. The van der Waals surface area contributed by atoms with E-state index in [9.17, 15) is 0 Å². The van der Waals surface area contributed by atoms with Crippen LogP contribution in [-0.4, -0.2) is 14.8 Å². The Balaban J connectivity index is 1.72. The fourth-order valence-electron chi connectivity index (χ4n) is 2.75. The highest BCUT2D eigenvalue weighted by Crippen LogP contribution is 2.37.